The molecular weight excluding hydrogens is 234 g/mol. The van der Waals surface area contributed by atoms with Crippen molar-refractivity contribution in [1.29, 1.82) is 0 Å². The van der Waals surface area contributed by atoms with Gasteiger partial charge in [0.05, 0.1) is 6.10 Å². The van der Waals surface area contributed by atoms with E-state index in [1.165, 1.54) is 0 Å². The molecule has 0 spiro atoms. The number of aliphatic hydroxyl groups excluding tert-OH is 1. The van der Waals surface area contributed by atoms with Crippen molar-refractivity contribution in [3.8, 4) is 0 Å². The molecule has 4 N–H and O–H groups in total. The summed E-state index contributed by atoms with van der Waals surface area (Å²) in [5, 5.41) is 11.0. The number of nitrogens with one attached hydrogen (secondary N) is 1. The number of amides is 1. The van der Waals surface area contributed by atoms with E-state index in [2.05, 4.69) is 5.43 Å². The minimum atomic E-state index is -0.612. The number of rotatable bonds is 3. The highest BCUT2D eigenvalue weighted by molar-refractivity contribution is 5.66. The summed E-state index contributed by atoms with van der Waals surface area (Å²) in [4.78, 5) is 11.5. The van der Waals surface area contributed by atoms with Gasteiger partial charge >= 0.3 is 6.09 Å². The van der Waals surface area contributed by atoms with Crippen LogP contribution >= 0.6 is 0 Å². The van der Waals surface area contributed by atoms with Gasteiger partial charge in [0.15, 0.2) is 0 Å². The Morgan fingerprint density at radius 2 is 2.17 bits per heavy atom. The highest BCUT2D eigenvalue weighted by Gasteiger charge is 2.29. The number of hydrogen-bond acceptors (Lipinski definition) is 5. The number of β-amino-alcohol motifs (C(OH)–C–C–N with tert-alkyl or cyclic N) is 1. The second-order valence-electron chi connectivity index (χ2n) is 4.31. The van der Waals surface area contributed by atoms with Crippen LogP contribution in [0.4, 0.5) is 4.79 Å². The summed E-state index contributed by atoms with van der Waals surface area (Å²) < 4.78 is 5.05. The van der Waals surface area contributed by atoms with Gasteiger partial charge in [-0.25, -0.2) is 9.80 Å². The van der Waals surface area contributed by atoms with E-state index in [9.17, 15) is 9.90 Å². The largest absolute Gasteiger partial charge is 0.444 e. The van der Waals surface area contributed by atoms with Crippen molar-refractivity contribution in [2.24, 2.45) is 5.73 Å². The van der Waals surface area contributed by atoms with E-state index >= 15 is 0 Å². The fourth-order valence-corrected chi connectivity index (χ4v) is 1.79. The minimum Gasteiger partial charge on any atom is -0.444 e. The van der Waals surface area contributed by atoms with Crippen LogP contribution in [0.2, 0.25) is 0 Å². The predicted molar refractivity (Wildman–Crippen MR) is 65.3 cm³/mol. The number of nitrogens with two attached hydrogens (primary N) is 1. The minimum absolute atomic E-state index is 0.217. The number of carbonyl (C=O) groups excluding carboxylic acids is 1. The third-order valence-electron chi connectivity index (χ3n) is 2.80. The Bertz CT molecular complexity index is 389. The maximum atomic E-state index is 11.5. The topological polar surface area (TPSA) is 87.8 Å². The lowest BCUT2D eigenvalue weighted by atomic mass is 10.2. The Morgan fingerprint density at radius 1 is 1.44 bits per heavy atom. The first kappa shape index (κ1) is 12.8. The van der Waals surface area contributed by atoms with Crippen molar-refractivity contribution in [1.82, 2.24) is 10.4 Å². The molecule has 6 heteroatoms. The maximum absolute atomic E-state index is 11.5. The van der Waals surface area contributed by atoms with Crippen LogP contribution in [-0.2, 0) is 11.3 Å². The molecule has 0 bridgehead atoms. The second-order valence-corrected chi connectivity index (χ2v) is 4.31. The Balaban J connectivity index is 1.73. The van der Waals surface area contributed by atoms with Crippen molar-refractivity contribution < 1.29 is 14.6 Å². The lowest BCUT2D eigenvalue weighted by Gasteiger charge is -2.16. The van der Waals surface area contributed by atoms with E-state index in [1.54, 1.807) is 5.01 Å². The van der Waals surface area contributed by atoms with Gasteiger partial charge in [-0.3, -0.25) is 5.43 Å². The van der Waals surface area contributed by atoms with Crippen LogP contribution in [0, 0.1) is 0 Å². The van der Waals surface area contributed by atoms with Crippen molar-refractivity contribution >= 4 is 6.09 Å². The molecule has 1 saturated heterocycles. The lowest BCUT2D eigenvalue weighted by Crippen LogP contribution is -2.42. The molecule has 18 heavy (non-hydrogen) atoms. The van der Waals surface area contributed by atoms with Crippen molar-refractivity contribution in [2.75, 3.05) is 13.1 Å². The van der Waals surface area contributed by atoms with Crippen LogP contribution in [-0.4, -0.2) is 41.4 Å². The smallest absolute Gasteiger partial charge is 0.422 e. The number of hydrogen-bond donors (Lipinski definition) is 3. The summed E-state index contributed by atoms with van der Waals surface area (Å²) in [6.07, 6.45) is -1.15. The normalized spacial score (nSPS) is 23.9. The Morgan fingerprint density at radius 3 is 2.78 bits per heavy atom. The standard InChI is InChI=1S/C12H17N3O3/c13-10-6-15(7-11(10)16)14-12(17)18-8-9-4-2-1-3-5-9/h1-5,10-11,16H,6-8,13H2,(H,14,17). The first-order chi connectivity index (χ1) is 8.65. The van der Waals surface area contributed by atoms with Crippen LogP contribution in [0.15, 0.2) is 30.3 Å². The molecule has 1 heterocycles. The molecule has 2 unspecified atom stereocenters. The number of nitrogens with zero attached hydrogens (tertiary/aromatic N) is 1. The van der Waals surface area contributed by atoms with Gasteiger partial charge < -0.3 is 15.6 Å². The van der Waals surface area contributed by atoms with Gasteiger partial charge in [-0.1, -0.05) is 30.3 Å². The third-order valence-corrected chi connectivity index (χ3v) is 2.80. The van der Waals surface area contributed by atoms with Crippen molar-refractivity contribution in [3.05, 3.63) is 35.9 Å². The van der Waals surface area contributed by atoms with Crippen molar-refractivity contribution in [2.45, 2.75) is 18.8 Å². The number of aliphatic hydroxyl groups is 1. The van der Waals surface area contributed by atoms with E-state index in [1.807, 2.05) is 30.3 Å². The van der Waals surface area contributed by atoms with Crippen LogP contribution in [0.5, 0.6) is 0 Å². The van der Waals surface area contributed by atoms with E-state index in [-0.39, 0.29) is 12.6 Å². The fraction of sp³-hybridized carbons (Fsp3) is 0.417. The first-order valence-corrected chi connectivity index (χ1v) is 5.81. The van der Waals surface area contributed by atoms with Gasteiger partial charge in [0, 0.05) is 19.1 Å². The van der Waals surface area contributed by atoms with Crippen molar-refractivity contribution in [3.63, 3.8) is 0 Å². The zero-order valence-electron chi connectivity index (χ0n) is 9.95. The van der Waals surface area contributed by atoms with Crippen LogP contribution < -0.4 is 11.2 Å². The first-order valence-electron chi connectivity index (χ1n) is 5.81. The van der Waals surface area contributed by atoms with Gasteiger partial charge in [-0.2, -0.15) is 0 Å². The molecule has 0 radical (unpaired) electrons. The predicted octanol–water partition coefficient (Wildman–Crippen LogP) is -0.168. The summed E-state index contributed by atoms with van der Waals surface area (Å²) >= 11 is 0. The highest BCUT2D eigenvalue weighted by atomic mass is 16.6. The number of ether oxygens (including phenoxy) is 1. The molecule has 1 aromatic carbocycles. The average molecular weight is 251 g/mol. The molecule has 0 aliphatic carbocycles. The van der Waals surface area contributed by atoms with Gasteiger partial charge in [0.1, 0.15) is 6.61 Å². The summed E-state index contributed by atoms with van der Waals surface area (Å²) in [6.45, 7) is 0.957. The highest BCUT2D eigenvalue weighted by Crippen LogP contribution is 2.06. The molecule has 1 aliphatic rings. The van der Waals surface area contributed by atoms with Crippen LogP contribution in [0.3, 0.4) is 0 Å². The monoisotopic (exact) mass is 251 g/mol. The maximum Gasteiger partial charge on any atom is 0.422 e. The molecule has 98 valence electrons. The fourth-order valence-electron chi connectivity index (χ4n) is 1.79. The number of benzene rings is 1. The summed E-state index contributed by atoms with van der Waals surface area (Å²) in [5.74, 6) is 0. The van der Waals surface area contributed by atoms with Gasteiger partial charge in [-0.15, -0.1) is 0 Å². The van der Waals surface area contributed by atoms with E-state index < -0.39 is 12.2 Å². The Hall–Kier alpha value is -1.63. The number of hydrazine groups is 1. The molecular formula is C12H17N3O3. The lowest BCUT2D eigenvalue weighted by molar-refractivity contribution is 0.101. The SMILES string of the molecule is NC1CN(NC(=O)OCc2ccccc2)CC1O. The molecule has 6 nitrogen and oxygen atoms in total. The molecule has 1 fully saturated rings. The van der Waals surface area contributed by atoms with Crippen LogP contribution in [0.1, 0.15) is 5.56 Å². The molecule has 2 rings (SSSR count). The quantitative estimate of drug-likeness (QED) is 0.694. The van der Waals surface area contributed by atoms with E-state index in [0.717, 1.165) is 5.56 Å². The molecule has 0 aromatic heterocycles. The van der Waals surface area contributed by atoms with Gasteiger partial charge in [0.2, 0.25) is 0 Å². The summed E-state index contributed by atoms with van der Waals surface area (Å²) in [5.41, 5.74) is 9.09. The van der Waals surface area contributed by atoms with Gasteiger partial charge in [-0.05, 0) is 5.56 Å². The van der Waals surface area contributed by atoms with E-state index in [0.29, 0.717) is 13.1 Å². The molecule has 1 amide bonds. The Kier molecular flexibility index (Phi) is 4.14. The molecule has 0 saturated carbocycles. The van der Waals surface area contributed by atoms with Gasteiger partial charge in [0.25, 0.3) is 0 Å². The molecule has 1 aromatic rings. The zero-order chi connectivity index (χ0) is 13.0. The molecule has 1 aliphatic heterocycles. The second kappa shape index (κ2) is 5.81. The summed E-state index contributed by atoms with van der Waals surface area (Å²) in [6, 6.07) is 9.08. The van der Waals surface area contributed by atoms with E-state index in [4.69, 9.17) is 10.5 Å². The third kappa shape index (κ3) is 3.43. The zero-order valence-corrected chi connectivity index (χ0v) is 9.95. The molecule has 2 atom stereocenters. The average Bonchev–Trinajstić information content (AvgIpc) is 2.67. The van der Waals surface area contributed by atoms with Crippen LogP contribution in [0.25, 0.3) is 0 Å². The number of carbonyl (C=O) groups is 1. The Labute approximate surface area is 105 Å². The summed E-state index contributed by atoms with van der Waals surface area (Å²) in [7, 11) is 0.